The molecule has 2 rings (SSSR count). The van der Waals surface area contributed by atoms with Crippen molar-refractivity contribution in [2.24, 2.45) is 5.10 Å². The van der Waals surface area contributed by atoms with Crippen molar-refractivity contribution in [1.29, 1.82) is 0 Å². The number of carbonyl (C=O) groups is 3. The molecule has 158 valence electrons. The predicted molar refractivity (Wildman–Crippen MR) is 113 cm³/mol. The van der Waals surface area contributed by atoms with Crippen LogP contribution in [0.5, 0.6) is 5.75 Å². The zero-order valence-electron chi connectivity index (χ0n) is 16.2. The number of anilines is 1. The molecule has 0 aliphatic carbocycles. The third kappa shape index (κ3) is 7.53. The van der Waals surface area contributed by atoms with Gasteiger partial charge in [-0.1, -0.05) is 35.9 Å². The van der Waals surface area contributed by atoms with Crippen molar-refractivity contribution >= 4 is 41.2 Å². The molecule has 0 spiro atoms. The van der Waals surface area contributed by atoms with Crippen LogP contribution in [0.25, 0.3) is 0 Å². The molecule has 0 atom stereocenters. The highest BCUT2D eigenvalue weighted by Gasteiger charge is 2.12. The van der Waals surface area contributed by atoms with Crippen LogP contribution < -0.4 is 20.8 Å². The Balaban J connectivity index is 1.88. The average Bonchev–Trinajstić information content (AvgIpc) is 2.74. The summed E-state index contributed by atoms with van der Waals surface area (Å²) in [4.78, 5) is 35.3. The summed E-state index contributed by atoms with van der Waals surface area (Å²) in [7, 11) is 1.48. The van der Waals surface area contributed by atoms with E-state index in [-0.39, 0.29) is 19.8 Å². The fraction of sp³-hybridized carbons (Fsp3) is 0.200. The number of para-hydroxylation sites is 2. The van der Waals surface area contributed by atoms with Gasteiger partial charge in [-0.15, -0.1) is 0 Å². The molecule has 0 fully saturated rings. The van der Waals surface area contributed by atoms with Crippen LogP contribution >= 0.6 is 11.6 Å². The van der Waals surface area contributed by atoms with Gasteiger partial charge in [0.25, 0.3) is 5.91 Å². The van der Waals surface area contributed by atoms with E-state index < -0.39 is 17.7 Å². The van der Waals surface area contributed by atoms with Crippen LogP contribution in [0.15, 0.2) is 53.6 Å². The summed E-state index contributed by atoms with van der Waals surface area (Å²) in [5.74, 6) is -1.77. The molecule has 9 nitrogen and oxygen atoms in total. The second-order valence-electron chi connectivity index (χ2n) is 5.80. The summed E-state index contributed by atoms with van der Waals surface area (Å²) < 4.78 is 10.3. The average molecular weight is 433 g/mol. The number of benzene rings is 2. The monoisotopic (exact) mass is 432 g/mol. The smallest absolute Gasteiger partial charge is 0.329 e. The van der Waals surface area contributed by atoms with E-state index in [1.807, 2.05) is 0 Å². The molecule has 0 heterocycles. The van der Waals surface area contributed by atoms with Gasteiger partial charge in [0, 0.05) is 19.2 Å². The van der Waals surface area contributed by atoms with Crippen molar-refractivity contribution in [2.45, 2.75) is 0 Å². The molecule has 0 saturated carbocycles. The van der Waals surface area contributed by atoms with Crippen molar-refractivity contribution in [3.05, 3.63) is 59.1 Å². The number of carbonyl (C=O) groups excluding carboxylic acids is 3. The van der Waals surface area contributed by atoms with Gasteiger partial charge in [-0.25, -0.2) is 5.43 Å². The Kier molecular flexibility index (Phi) is 9.29. The van der Waals surface area contributed by atoms with E-state index in [1.165, 1.54) is 13.3 Å². The first-order valence-corrected chi connectivity index (χ1v) is 9.25. The van der Waals surface area contributed by atoms with Gasteiger partial charge in [0.05, 0.1) is 23.5 Å². The number of hydrogen-bond donors (Lipinski definition) is 3. The van der Waals surface area contributed by atoms with Crippen LogP contribution in [-0.4, -0.2) is 50.8 Å². The van der Waals surface area contributed by atoms with Crippen molar-refractivity contribution < 1.29 is 23.9 Å². The minimum absolute atomic E-state index is 0.208. The second kappa shape index (κ2) is 12.2. The number of ether oxygens (including phenoxy) is 2. The van der Waals surface area contributed by atoms with E-state index in [2.05, 4.69) is 21.2 Å². The van der Waals surface area contributed by atoms with Crippen LogP contribution in [0.2, 0.25) is 5.02 Å². The maximum absolute atomic E-state index is 12.1. The van der Waals surface area contributed by atoms with Gasteiger partial charge in [0.15, 0.2) is 6.61 Å². The quantitative estimate of drug-likeness (QED) is 0.240. The molecule has 10 heteroatoms. The highest BCUT2D eigenvalue weighted by molar-refractivity contribution is 6.35. The van der Waals surface area contributed by atoms with Crippen molar-refractivity contribution in [1.82, 2.24) is 10.7 Å². The molecule has 0 aliphatic rings. The first-order valence-electron chi connectivity index (χ1n) is 8.87. The zero-order valence-corrected chi connectivity index (χ0v) is 16.9. The van der Waals surface area contributed by atoms with E-state index in [1.54, 1.807) is 48.5 Å². The van der Waals surface area contributed by atoms with Crippen LogP contribution in [0, 0.1) is 0 Å². The minimum atomic E-state index is -0.917. The Bertz CT molecular complexity index is 920. The van der Waals surface area contributed by atoms with Crippen molar-refractivity contribution in [2.75, 3.05) is 32.2 Å². The van der Waals surface area contributed by atoms with Crippen LogP contribution in [-0.2, 0) is 19.1 Å². The van der Waals surface area contributed by atoms with Gasteiger partial charge in [-0.3, -0.25) is 14.4 Å². The largest absolute Gasteiger partial charge is 0.483 e. The summed E-state index contributed by atoms with van der Waals surface area (Å²) in [6.45, 7) is 0.237. The van der Waals surface area contributed by atoms with Gasteiger partial charge in [0.1, 0.15) is 5.75 Å². The lowest BCUT2D eigenvalue weighted by molar-refractivity contribution is -0.139. The minimum Gasteiger partial charge on any atom is -0.483 e. The molecule has 30 heavy (non-hydrogen) atoms. The van der Waals surface area contributed by atoms with E-state index in [0.29, 0.717) is 22.0 Å². The second-order valence-corrected chi connectivity index (χ2v) is 6.21. The number of hydrogen-bond acceptors (Lipinski definition) is 6. The molecule has 0 unspecified atom stereocenters. The summed E-state index contributed by atoms with van der Waals surface area (Å²) in [6, 6.07) is 13.6. The molecule has 3 amide bonds. The Morgan fingerprint density at radius 1 is 1.07 bits per heavy atom. The van der Waals surface area contributed by atoms with Gasteiger partial charge in [0.2, 0.25) is 0 Å². The number of methoxy groups -OCH3 is 1. The lowest BCUT2D eigenvalue weighted by Gasteiger charge is -2.10. The predicted octanol–water partition coefficient (Wildman–Crippen LogP) is 1.57. The molecule has 0 aliphatic heterocycles. The number of rotatable bonds is 9. The van der Waals surface area contributed by atoms with Crippen molar-refractivity contribution in [3.63, 3.8) is 0 Å². The van der Waals surface area contributed by atoms with Crippen molar-refractivity contribution in [3.8, 4) is 5.75 Å². The Morgan fingerprint density at radius 3 is 2.57 bits per heavy atom. The Hall–Kier alpha value is -3.43. The molecule has 3 N–H and O–H groups in total. The Labute approximate surface area is 178 Å². The fourth-order valence-electron chi connectivity index (χ4n) is 2.17. The SMILES string of the molecule is COCCNC(=O)C(=O)N/N=C\c1ccccc1OCC(=O)Nc1ccccc1Cl. The zero-order chi connectivity index (χ0) is 21.8. The summed E-state index contributed by atoms with van der Waals surface area (Å²) in [6.07, 6.45) is 1.31. The summed E-state index contributed by atoms with van der Waals surface area (Å²) >= 11 is 6.01. The van der Waals surface area contributed by atoms with Crippen LogP contribution in [0.1, 0.15) is 5.56 Å². The summed E-state index contributed by atoms with van der Waals surface area (Å²) in [5.41, 5.74) is 3.10. The third-order valence-corrected chi connectivity index (χ3v) is 3.92. The van der Waals surface area contributed by atoms with Gasteiger partial charge >= 0.3 is 11.8 Å². The fourth-order valence-corrected chi connectivity index (χ4v) is 2.35. The first kappa shape index (κ1) is 22.9. The van der Waals surface area contributed by atoms with Crippen LogP contribution in [0.4, 0.5) is 5.69 Å². The first-order chi connectivity index (χ1) is 14.5. The normalized spacial score (nSPS) is 10.5. The van der Waals surface area contributed by atoms with Crippen LogP contribution in [0.3, 0.4) is 0 Å². The standard InChI is InChI=1S/C20H21ClN4O5/c1-29-11-10-22-19(27)20(28)25-23-12-14-6-2-5-9-17(14)30-13-18(26)24-16-8-4-3-7-15(16)21/h2-9,12H,10-11,13H2,1H3,(H,22,27)(H,24,26)(H,25,28)/b23-12-. The topological polar surface area (TPSA) is 118 Å². The Morgan fingerprint density at radius 2 is 1.80 bits per heavy atom. The molecule has 0 saturated heterocycles. The number of nitrogens with one attached hydrogen (secondary N) is 3. The number of amides is 3. The van der Waals surface area contributed by atoms with E-state index >= 15 is 0 Å². The number of halogens is 1. The molecule has 2 aromatic carbocycles. The molecular weight excluding hydrogens is 412 g/mol. The number of nitrogens with zero attached hydrogens (tertiary/aromatic N) is 1. The maximum atomic E-state index is 12.1. The molecular formula is C20H21ClN4O5. The third-order valence-electron chi connectivity index (χ3n) is 3.59. The van der Waals surface area contributed by atoms with Gasteiger partial charge < -0.3 is 20.1 Å². The molecule has 0 bridgehead atoms. The summed E-state index contributed by atoms with van der Waals surface area (Å²) in [5, 5.41) is 9.18. The van der Waals surface area contributed by atoms with Gasteiger partial charge in [-0.2, -0.15) is 5.10 Å². The lowest BCUT2D eigenvalue weighted by atomic mass is 10.2. The maximum Gasteiger partial charge on any atom is 0.329 e. The van der Waals surface area contributed by atoms with E-state index in [4.69, 9.17) is 21.1 Å². The van der Waals surface area contributed by atoms with Gasteiger partial charge in [-0.05, 0) is 24.3 Å². The number of hydrazone groups is 1. The van der Waals surface area contributed by atoms with E-state index in [9.17, 15) is 14.4 Å². The molecule has 0 aromatic heterocycles. The molecule has 0 radical (unpaired) electrons. The van der Waals surface area contributed by atoms with E-state index in [0.717, 1.165) is 0 Å². The highest BCUT2D eigenvalue weighted by Crippen LogP contribution is 2.20. The lowest BCUT2D eigenvalue weighted by Crippen LogP contribution is -2.39. The molecule has 2 aromatic rings. The highest BCUT2D eigenvalue weighted by atomic mass is 35.5.